The van der Waals surface area contributed by atoms with Crippen LogP contribution in [-0.4, -0.2) is 26.8 Å². The van der Waals surface area contributed by atoms with Crippen molar-refractivity contribution in [1.29, 1.82) is 0 Å². The minimum Gasteiger partial charge on any atom is -0.360 e. The molecule has 0 aliphatic carbocycles. The molecule has 2 amide bonds. The van der Waals surface area contributed by atoms with Crippen molar-refractivity contribution < 1.29 is 14.1 Å². The largest absolute Gasteiger partial charge is 0.360 e. The second kappa shape index (κ2) is 7.22. The predicted molar refractivity (Wildman–Crippen MR) is 94.0 cm³/mol. The Morgan fingerprint density at radius 2 is 1.85 bits per heavy atom. The number of carbonyl (C=O) groups is 2. The van der Waals surface area contributed by atoms with Crippen LogP contribution in [0, 0.1) is 20.8 Å². The van der Waals surface area contributed by atoms with Crippen LogP contribution in [0.2, 0.25) is 0 Å². The fourth-order valence-electron chi connectivity index (χ4n) is 2.63. The van der Waals surface area contributed by atoms with Gasteiger partial charge >= 0.3 is 0 Å². The lowest BCUT2D eigenvalue weighted by molar-refractivity contribution is -0.122. The standard InChI is InChI=1S/C18H19N5O3/c1-11-9-12(2)23(21-11)10-15(24)19-20-18(25)16-13(3)26-22-17(16)14-7-5-4-6-8-14/h4-9H,10H2,1-3H3,(H,19,24)(H,20,25). The van der Waals surface area contributed by atoms with Crippen molar-refractivity contribution in [1.82, 2.24) is 25.8 Å². The number of aromatic nitrogens is 3. The van der Waals surface area contributed by atoms with E-state index in [1.165, 1.54) is 0 Å². The number of rotatable bonds is 4. The summed E-state index contributed by atoms with van der Waals surface area (Å²) < 4.78 is 6.72. The molecule has 0 aliphatic heterocycles. The van der Waals surface area contributed by atoms with Gasteiger partial charge in [0, 0.05) is 11.3 Å². The van der Waals surface area contributed by atoms with Crippen LogP contribution in [0.3, 0.4) is 0 Å². The maximum atomic E-state index is 12.5. The van der Waals surface area contributed by atoms with Crippen LogP contribution in [0.5, 0.6) is 0 Å². The molecule has 0 spiro atoms. The summed E-state index contributed by atoms with van der Waals surface area (Å²) in [6.07, 6.45) is 0. The number of benzene rings is 1. The van der Waals surface area contributed by atoms with Gasteiger partial charge in [0.2, 0.25) is 0 Å². The molecular formula is C18H19N5O3. The molecule has 0 aliphatic rings. The van der Waals surface area contributed by atoms with Crippen LogP contribution in [0.1, 0.15) is 27.5 Å². The molecule has 3 aromatic rings. The van der Waals surface area contributed by atoms with Crippen molar-refractivity contribution in [2.24, 2.45) is 0 Å². The second-order valence-corrected chi connectivity index (χ2v) is 5.92. The Morgan fingerprint density at radius 1 is 1.12 bits per heavy atom. The highest BCUT2D eigenvalue weighted by Crippen LogP contribution is 2.24. The smallest absolute Gasteiger partial charge is 0.275 e. The van der Waals surface area contributed by atoms with Crippen molar-refractivity contribution >= 4 is 11.8 Å². The van der Waals surface area contributed by atoms with Crippen molar-refractivity contribution in [2.45, 2.75) is 27.3 Å². The number of nitrogens with one attached hydrogen (secondary N) is 2. The van der Waals surface area contributed by atoms with Crippen molar-refractivity contribution in [2.75, 3.05) is 0 Å². The van der Waals surface area contributed by atoms with Crippen LogP contribution >= 0.6 is 0 Å². The Labute approximate surface area is 150 Å². The first-order valence-corrected chi connectivity index (χ1v) is 8.07. The third-order valence-electron chi connectivity index (χ3n) is 3.85. The maximum absolute atomic E-state index is 12.5. The Kier molecular flexibility index (Phi) is 4.83. The molecule has 134 valence electrons. The van der Waals surface area contributed by atoms with Crippen LogP contribution in [0.25, 0.3) is 11.3 Å². The molecule has 8 heteroatoms. The fraction of sp³-hybridized carbons (Fsp3) is 0.222. The van der Waals surface area contributed by atoms with E-state index in [2.05, 4.69) is 21.1 Å². The summed E-state index contributed by atoms with van der Waals surface area (Å²) in [5.74, 6) is -0.515. The number of hydrogen-bond donors (Lipinski definition) is 2. The first-order chi connectivity index (χ1) is 12.5. The number of carbonyl (C=O) groups excluding carboxylic acids is 2. The van der Waals surface area contributed by atoms with Gasteiger partial charge in [-0.1, -0.05) is 35.5 Å². The summed E-state index contributed by atoms with van der Waals surface area (Å²) in [7, 11) is 0. The molecule has 0 radical (unpaired) electrons. The number of hydrazine groups is 1. The first-order valence-electron chi connectivity index (χ1n) is 8.07. The average Bonchev–Trinajstić information content (AvgIpc) is 3.15. The van der Waals surface area contributed by atoms with Gasteiger partial charge in [0.25, 0.3) is 11.8 Å². The Hall–Kier alpha value is -3.42. The fourth-order valence-corrected chi connectivity index (χ4v) is 2.63. The highest BCUT2D eigenvalue weighted by Gasteiger charge is 2.22. The Morgan fingerprint density at radius 3 is 2.50 bits per heavy atom. The summed E-state index contributed by atoms with van der Waals surface area (Å²) in [4.78, 5) is 24.6. The molecule has 0 saturated carbocycles. The molecule has 0 bridgehead atoms. The molecule has 0 atom stereocenters. The monoisotopic (exact) mass is 353 g/mol. The van der Waals surface area contributed by atoms with Gasteiger partial charge in [-0.25, -0.2) is 0 Å². The topological polar surface area (TPSA) is 102 Å². The van der Waals surface area contributed by atoms with E-state index in [-0.39, 0.29) is 18.0 Å². The molecule has 1 aromatic carbocycles. The van der Waals surface area contributed by atoms with Gasteiger partial charge in [0.05, 0.1) is 5.69 Å². The molecule has 0 fully saturated rings. The molecule has 2 heterocycles. The minimum absolute atomic E-state index is 0.00805. The van der Waals surface area contributed by atoms with E-state index in [0.717, 1.165) is 17.0 Å². The predicted octanol–water partition coefficient (Wildman–Crippen LogP) is 1.92. The number of amides is 2. The molecular weight excluding hydrogens is 334 g/mol. The van der Waals surface area contributed by atoms with E-state index in [9.17, 15) is 9.59 Å². The highest BCUT2D eigenvalue weighted by atomic mass is 16.5. The minimum atomic E-state index is -0.496. The van der Waals surface area contributed by atoms with Gasteiger partial charge in [-0.15, -0.1) is 0 Å². The van der Waals surface area contributed by atoms with Gasteiger partial charge in [-0.05, 0) is 26.8 Å². The zero-order chi connectivity index (χ0) is 18.7. The van der Waals surface area contributed by atoms with Gasteiger partial charge in [-0.3, -0.25) is 25.1 Å². The second-order valence-electron chi connectivity index (χ2n) is 5.92. The van der Waals surface area contributed by atoms with E-state index in [1.807, 2.05) is 50.2 Å². The average molecular weight is 353 g/mol. The quantitative estimate of drug-likeness (QED) is 0.698. The molecule has 2 N–H and O–H groups in total. The molecule has 2 aromatic heterocycles. The summed E-state index contributed by atoms with van der Waals surface area (Å²) in [6.45, 7) is 5.36. The van der Waals surface area contributed by atoms with E-state index in [0.29, 0.717) is 11.5 Å². The normalized spacial score (nSPS) is 10.6. The zero-order valence-electron chi connectivity index (χ0n) is 14.7. The first kappa shape index (κ1) is 17.4. The summed E-state index contributed by atoms with van der Waals surface area (Å²) in [5.41, 5.74) is 7.95. The summed E-state index contributed by atoms with van der Waals surface area (Å²) in [6, 6.07) is 11.1. The van der Waals surface area contributed by atoms with Crippen molar-refractivity contribution in [3.8, 4) is 11.3 Å². The molecule has 26 heavy (non-hydrogen) atoms. The molecule has 0 unspecified atom stereocenters. The summed E-state index contributed by atoms with van der Waals surface area (Å²) in [5, 5.41) is 8.17. The lowest BCUT2D eigenvalue weighted by Gasteiger charge is -2.08. The maximum Gasteiger partial charge on any atom is 0.275 e. The third-order valence-corrected chi connectivity index (χ3v) is 3.85. The van der Waals surface area contributed by atoms with E-state index in [4.69, 9.17) is 4.52 Å². The van der Waals surface area contributed by atoms with Crippen LogP contribution < -0.4 is 10.9 Å². The SMILES string of the molecule is Cc1cc(C)n(CC(=O)NNC(=O)c2c(-c3ccccc3)noc2C)n1. The van der Waals surface area contributed by atoms with Crippen molar-refractivity contribution in [3.63, 3.8) is 0 Å². The van der Waals surface area contributed by atoms with Crippen LogP contribution in [0.15, 0.2) is 40.9 Å². The van der Waals surface area contributed by atoms with Gasteiger partial charge in [0.15, 0.2) is 0 Å². The van der Waals surface area contributed by atoms with E-state index < -0.39 is 5.91 Å². The van der Waals surface area contributed by atoms with E-state index >= 15 is 0 Å². The molecule has 3 rings (SSSR count). The molecule has 8 nitrogen and oxygen atoms in total. The number of hydrogen-bond acceptors (Lipinski definition) is 5. The number of aryl methyl sites for hydroxylation is 3. The van der Waals surface area contributed by atoms with Gasteiger partial charge in [-0.2, -0.15) is 5.10 Å². The van der Waals surface area contributed by atoms with Gasteiger partial charge in [0.1, 0.15) is 23.6 Å². The Bertz CT molecular complexity index is 943. The zero-order valence-corrected chi connectivity index (χ0v) is 14.7. The number of nitrogens with zero attached hydrogens (tertiary/aromatic N) is 3. The lowest BCUT2D eigenvalue weighted by atomic mass is 10.1. The molecule has 0 saturated heterocycles. The Balaban J connectivity index is 1.68. The van der Waals surface area contributed by atoms with Crippen LogP contribution in [-0.2, 0) is 11.3 Å². The van der Waals surface area contributed by atoms with E-state index in [1.54, 1.807) is 11.6 Å². The third kappa shape index (κ3) is 3.64. The highest BCUT2D eigenvalue weighted by molar-refractivity contribution is 6.01. The van der Waals surface area contributed by atoms with Gasteiger partial charge < -0.3 is 4.52 Å². The van der Waals surface area contributed by atoms with Crippen molar-refractivity contribution in [3.05, 3.63) is 59.1 Å². The lowest BCUT2D eigenvalue weighted by Crippen LogP contribution is -2.43. The summed E-state index contributed by atoms with van der Waals surface area (Å²) >= 11 is 0. The van der Waals surface area contributed by atoms with Crippen LogP contribution in [0.4, 0.5) is 0 Å².